The fraction of sp³-hybridized carbons (Fsp3) is 0.286. The van der Waals surface area contributed by atoms with Crippen LogP contribution in [0.1, 0.15) is 36.4 Å². The van der Waals surface area contributed by atoms with Gasteiger partial charge in [0, 0.05) is 17.8 Å². The number of anilines is 3. The van der Waals surface area contributed by atoms with Crippen LogP contribution >= 0.6 is 0 Å². The second kappa shape index (κ2) is 9.59. The Hall–Kier alpha value is -4.09. The van der Waals surface area contributed by atoms with E-state index in [-0.39, 0.29) is 29.6 Å². The number of carbonyl (C=O) groups excluding carboxylic acids is 1. The highest BCUT2D eigenvalue weighted by atomic mass is 19.2. The van der Waals surface area contributed by atoms with Gasteiger partial charge in [-0.3, -0.25) is 9.59 Å². The van der Waals surface area contributed by atoms with Crippen LogP contribution in [0.5, 0.6) is 5.88 Å². The van der Waals surface area contributed by atoms with E-state index in [1.165, 1.54) is 12.3 Å². The molecule has 0 aliphatic heterocycles. The molecule has 172 valence electrons. The molecule has 10 nitrogen and oxygen atoms in total. The molecular weight excluding hydrogens is 440 g/mol. The molecule has 1 saturated carbocycles. The van der Waals surface area contributed by atoms with Crippen molar-refractivity contribution in [3.8, 4) is 5.88 Å². The van der Waals surface area contributed by atoms with E-state index >= 15 is 0 Å². The fourth-order valence-corrected chi connectivity index (χ4v) is 3.37. The van der Waals surface area contributed by atoms with Gasteiger partial charge in [0.1, 0.15) is 6.10 Å². The Morgan fingerprint density at radius 1 is 1.03 bits per heavy atom. The van der Waals surface area contributed by atoms with Gasteiger partial charge in [0.25, 0.3) is 0 Å². The van der Waals surface area contributed by atoms with Crippen LogP contribution in [0.25, 0.3) is 0 Å². The first kappa shape index (κ1) is 22.1. The Balaban J connectivity index is 1.30. The van der Waals surface area contributed by atoms with Crippen molar-refractivity contribution in [2.75, 3.05) is 10.6 Å². The molecule has 1 aliphatic rings. The summed E-state index contributed by atoms with van der Waals surface area (Å²) in [5.74, 6) is -3.83. The summed E-state index contributed by atoms with van der Waals surface area (Å²) in [6.45, 7) is 0. The number of carboxylic acids is 1. The minimum Gasteiger partial charge on any atom is -0.481 e. The Labute approximate surface area is 186 Å². The van der Waals surface area contributed by atoms with Gasteiger partial charge in [0.15, 0.2) is 11.6 Å². The number of hydrogen-bond acceptors (Lipinski definition) is 8. The van der Waals surface area contributed by atoms with Crippen LogP contribution in [0, 0.1) is 17.6 Å². The van der Waals surface area contributed by atoms with Crippen LogP contribution in [0.15, 0.2) is 40.9 Å². The first-order valence-electron chi connectivity index (χ1n) is 10.1. The zero-order chi connectivity index (χ0) is 23.4. The lowest BCUT2D eigenvalue weighted by Crippen LogP contribution is -2.28. The molecule has 12 heteroatoms. The van der Waals surface area contributed by atoms with Gasteiger partial charge in [-0.05, 0) is 43.9 Å². The molecule has 3 aromatic rings. The first-order chi connectivity index (χ1) is 15.9. The third kappa shape index (κ3) is 5.59. The molecular formula is C21H19F2N5O5. The summed E-state index contributed by atoms with van der Waals surface area (Å²) >= 11 is 0. The SMILES string of the molecule is O=C(Nc1ccc(OC2CCC(C(=O)O)CC2)nc1)c1nnc(Nc2ccc(F)c(F)c2)o1. The fourth-order valence-electron chi connectivity index (χ4n) is 3.37. The third-order valence-corrected chi connectivity index (χ3v) is 5.10. The number of rotatable bonds is 7. The second-order valence-corrected chi connectivity index (χ2v) is 7.44. The lowest BCUT2D eigenvalue weighted by molar-refractivity contribution is -0.143. The highest BCUT2D eigenvalue weighted by Crippen LogP contribution is 2.27. The normalized spacial score (nSPS) is 17.9. The maximum Gasteiger partial charge on any atom is 0.320 e. The number of aromatic nitrogens is 3. The summed E-state index contributed by atoms with van der Waals surface area (Å²) in [5, 5.41) is 21.4. The van der Waals surface area contributed by atoms with Crippen molar-refractivity contribution < 1.29 is 32.6 Å². The maximum atomic E-state index is 13.3. The van der Waals surface area contributed by atoms with Gasteiger partial charge >= 0.3 is 23.8 Å². The Morgan fingerprint density at radius 2 is 1.79 bits per heavy atom. The Morgan fingerprint density at radius 3 is 2.45 bits per heavy atom. The van der Waals surface area contributed by atoms with Crippen molar-refractivity contribution in [3.63, 3.8) is 0 Å². The monoisotopic (exact) mass is 459 g/mol. The number of carbonyl (C=O) groups is 2. The average molecular weight is 459 g/mol. The predicted molar refractivity (Wildman–Crippen MR) is 110 cm³/mol. The van der Waals surface area contributed by atoms with E-state index < -0.39 is 23.5 Å². The molecule has 0 radical (unpaired) electrons. The zero-order valence-electron chi connectivity index (χ0n) is 17.1. The maximum absolute atomic E-state index is 13.3. The van der Waals surface area contributed by atoms with E-state index in [1.54, 1.807) is 12.1 Å². The number of benzene rings is 1. The summed E-state index contributed by atoms with van der Waals surface area (Å²) in [7, 11) is 0. The zero-order valence-corrected chi connectivity index (χ0v) is 17.1. The smallest absolute Gasteiger partial charge is 0.320 e. The van der Waals surface area contributed by atoms with Crippen molar-refractivity contribution in [1.29, 1.82) is 0 Å². The van der Waals surface area contributed by atoms with E-state index in [0.29, 0.717) is 37.3 Å². The Kier molecular flexibility index (Phi) is 6.43. The molecule has 1 aliphatic carbocycles. The second-order valence-electron chi connectivity index (χ2n) is 7.44. The number of nitrogens with one attached hydrogen (secondary N) is 2. The molecule has 0 atom stereocenters. The van der Waals surface area contributed by atoms with E-state index in [1.807, 2.05) is 0 Å². The standard InChI is InChI=1S/C21H19F2N5O5/c22-15-7-3-12(9-16(15)23)26-21-28-27-19(33-21)18(29)25-13-4-8-17(24-10-13)32-14-5-1-11(2-6-14)20(30)31/h3-4,7-11,14H,1-2,5-6H2,(H,25,29)(H,26,28)(H,30,31). The van der Waals surface area contributed by atoms with Gasteiger partial charge in [-0.15, -0.1) is 5.10 Å². The number of aliphatic carboxylic acids is 1. The molecule has 1 amide bonds. The lowest BCUT2D eigenvalue weighted by atomic mass is 9.87. The third-order valence-electron chi connectivity index (χ3n) is 5.10. The number of pyridine rings is 1. The molecule has 3 N–H and O–H groups in total. The predicted octanol–water partition coefficient (Wildman–Crippen LogP) is 3.76. The molecule has 0 unspecified atom stereocenters. The van der Waals surface area contributed by atoms with Crippen molar-refractivity contribution >= 4 is 29.3 Å². The van der Waals surface area contributed by atoms with Gasteiger partial charge in [-0.25, -0.2) is 13.8 Å². The lowest BCUT2D eigenvalue weighted by Gasteiger charge is -2.26. The number of carboxylic acid groups (broad SMARTS) is 1. The minimum atomic E-state index is -1.05. The molecule has 33 heavy (non-hydrogen) atoms. The molecule has 2 heterocycles. The molecule has 1 fully saturated rings. The van der Waals surface area contributed by atoms with Crippen molar-refractivity contribution in [1.82, 2.24) is 15.2 Å². The number of hydrogen-bond donors (Lipinski definition) is 3. The first-order valence-corrected chi connectivity index (χ1v) is 10.1. The van der Waals surface area contributed by atoms with Crippen LogP contribution in [-0.2, 0) is 4.79 Å². The van der Waals surface area contributed by atoms with E-state index in [4.69, 9.17) is 14.3 Å². The quantitative estimate of drug-likeness (QED) is 0.482. The van der Waals surface area contributed by atoms with Crippen molar-refractivity contribution in [3.05, 3.63) is 54.1 Å². The number of amides is 1. The summed E-state index contributed by atoms with van der Waals surface area (Å²) in [5.41, 5.74) is 0.524. The van der Waals surface area contributed by atoms with E-state index in [0.717, 1.165) is 12.1 Å². The largest absolute Gasteiger partial charge is 0.481 e. The van der Waals surface area contributed by atoms with Crippen LogP contribution in [0.2, 0.25) is 0 Å². The van der Waals surface area contributed by atoms with Gasteiger partial charge in [-0.1, -0.05) is 5.10 Å². The summed E-state index contributed by atoms with van der Waals surface area (Å²) in [6.07, 6.45) is 3.68. The molecule has 0 saturated heterocycles. The molecule has 1 aromatic carbocycles. The van der Waals surface area contributed by atoms with E-state index in [9.17, 15) is 18.4 Å². The van der Waals surface area contributed by atoms with Gasteiger partial charge in [0.2, 0.25) is 5.88 Å². The van der Waals surface area contributed by atoms with Crippen LogP contribution < -0.4 is 15.4 Å². The average Bonchev–Trinajstić information content (AvgIpc) is 3.27. The molecule has 0 bridgehead atoms. The topological polar surface area (TPSA) is 139 Å². The highest BCUT2D eigenvalue weighted by molar-refractivity contribution is 6.00. The van der Waals surface area contributed by atoms with Gasteiger partial charge in [-0.2, -0.15) is 0 Å². The molecule has 0 spiro atoms. The summed E-state index contributed by atoms with van der Waals surface area (Å²) in [6, 6.07) is 6.11. The minimum absolute atomic E-state index is 0.104. The number of halogens is 2. The van der Waals surface area contributed by atoms with Gasteiger partial charge in [0.05, 0.1) is 17.8 Å². The summed E-state index contributed by atoms with van der Waals surface area (Å²) in [4.78, 5) is 27.5. The summed E-state index contributed by atoms with van der Waals surface area (Å²) < 4.78 is 37.3. The number of ether oxygens (including phenoxy) is 1. The van der Waals surface area contributed by atoms with E-state index in [2.05, 4.69) is 25.8 Å². The van der Waals surface area contributed by atoms with Crippen LogP contribution in [0.3, 0.4) is 0 Å². The molecule has 4 rings (SSSR count). The van der Waals surface area contributed by atoms with Crippen LogP contribution in [-0.4, -0.2) is 38.3 Å². The van der Waals surface area contributed by atoms with Crippen LogP contribution in [0.4, 0.5) is 26.2 Å². The van der Waals surface area contributed by atoms with Crippen molar-refractivity contribution in [2.45, 2.75) is 31.8 Å². The Bertz CT molecular complexity index is 1150. The highest BCUT2D eigenvalue weighted by Gasteiger charge is 2.27. The van der Waals surface area contributed by atoms with Gasteiger partial charge < -0.3 is 24.9 Å². The van der Waals surface area contributed by atoms with Crippen molar-refractivity contribution in [2.24, 2.45) is 5.92 Å². The number of nitrogens with zero attached hydrogens (tertiary/aromatic N) is 3. The molecule has 2 aromatic heterocycles.